The molecule has 0 saturated carbocycles. The fourth-order valence-corrected chi connectivity index (χ4v) is 1.68. The smallest absolute Gasteiger partial charge is 0.224 e. The first-order chi connectivity index (χ1) is 7.67. The van der Waals surface area contributed by atoms with Gasteiger partial charge in [-0.05, 0) is 23.8 Å². The van der Waals surface area contributed by atoms with E-state index in [9.17, 15) is 4.39 Å². The number of hydrogen-bond donors (Lipinski definition) is 0. The number of nitriles is 1. The molecule has 2 rings (SSSR count). The number of halogens is 1. The van der Waals surface area contributed by atoms with Crippen LogP contribution in [0.2, 0.25) is 0 Å². The normalized spacial score (nSPS) is 9.75. The van der Waals surface area contributed by atoms with Crippen LogP contribution in [0.5, 0.6) is 0 Å². The van der Waals surface area contributed by atoms with E-state index in [4.69, 9.17) is 11.8 Å². The van der Waals surface area contributed by atoms with Crippen molar-refractivity contribution in [3.8, 4) is 6.07 Å². The Labute approximate surface area is 92.4 Å². The van der Waals surface area contributed by atoms with Gasteiger partial charge in [0.05, 0.1) is 12.1 Å². The van der Waals surface area contributed by atoms with Crippen LogP contribution in [0.25, 0.3) is 15.6 Å². The maximum atomic E-state index is 13.7. The van der Waals surface area contributed by atoms with Crippen LogP contribution in [-0.4, -0.2) is 0 Å². The molecule has 3 heteroatoms. The summed E-state index contributed by atoms with van der Waals surface area (Å²) < 4.78 is 13.7. The third-order valence-electron chi connectivity index (χ3n) is 2.45. The zero-order valence-electron chi connectivity index (χ0n) is 8.58. The molecule has 0 unspecified atom stereocenters. The Kier molecular flexibility index (Phi) is 2.31. The molecule has 0 spiro atoms. The first-order valence-corrected chi connectivity index (χ1v) is 4.68. The molecule has 0 atom stereocenters. The van der Waals surface area contributed by atoms with E-state index in [1.807, 2.05) is 25.1 Å². The van der Waals surface area contributed by atoms with Crippen molar-refractivity contribution in [1.29, 1.82) is 5.26 Å². The minimum Gasteiger partial charge on any atom is -0.235 e. The first-order valence-electron chi connectivity index (χ1n) is 4.68. The Bertz CT molecular complexity index is 660. The average Bonchev–Trinajstić information content (AvgIpc) is 2.28. The van der Waals surface area contributed by atoms with E-state index in [1.54, 1.807) is 6.07 Å². The van der Waals surface area contributed by atoms with E-state index < -0.39 is 5.82 Å². The highest BCUT2D eigenvalue weighted by Crippen LogP contribution is 2.30. The zero-order valence-corrected chi connectivity index (χ0v) is 8.58. The molecule has 2 nitrogen and oxygen atoms in total. The zero-order chi connectivity index (χ0) is 11.7. The Balaban J connectivity index is 2.98. The van der Waals surface area contributed by atoms with E-state index in [0.29, 0.717) is 5.39 Å². The van der Waals surface area contributed by atoms with Crippen molar-refractivity contribution in [1.82, 2.24) is 0 Å². The molecule has 0 aliphatic carbocycles. The van der Waals surface area contributed by atoms with Crippen molar-refractivity contribution >= 4 is 16.5 Å². The summed E-state index contributed by atoms with van der Waals surface area (Å²) in [6.07, 6.45) is 0. The molecular formula is C13H7FN2. The SMILES string of the molecule is [C-]#[N+]c1cc2cc(C)ccc2c(C#N)c1F. The molecule has 2 aromatic rings. The molecule has 0 N–H and O–H groups in total. The summed E-state index contributed by atoms with van der Waals surface area (Å²) in [6.45, 7) is 8.77. The van der Waals surface area contributed by atoms with Gasteiger partial charge in [0.1, 0.15) is 11.9 Å². The third kappa shape index (κ3) is 1.39. The van der Waals surface area contributed by atoms with Crippen LogP contribution in [0.3, 0.4) is 0 Å². The van der Waals surface area contributed by atoms with E-state index in [-0.39, 0.29) is 11.3 Å². The molecule has 16 heavy (non-hydrogen) atoms. The van der Waals surface area contributed by atoms with Gasteiger partial charge in [-0.1, -0.05) is 23.8 Å². The van der Waals surface area contributed by atoms with Crippen molar-refractivity contribution in [2.24, 2.45) is 0 Å². The third-order valence-corrected chi connectivity index (χ3v) is 2.45. The lowest BCUT2D eigenvalue weighted by molar-refractivity contribution is 0.632. The van der Waals surface area contributed by atoms with Crippen molar-refractivity contribution in [2.75, 3.05) is 0 Å². The molecule has 0 bridgehead atoms. The van der Waals surface area contributed by atoms with Crippen LogP contribution in [0.4, 0.5) is 10.1 Å². The van der Waals surface area contributed by atoms with Crippen molar-refractivity contribution in [3.63, 3.8) is 0 Å². The molecular weight excluding hydrogens is 203 g/mol. The number of nitrogens with zero attached hydrogens (tertiary/aromatic N) is 2. The predicted molar refractivity (Wildman–Crippen MR) is 59.6 cm³/mol. The van der Waals surface area contributed by atoms with Crippen LogP contribution in [0, 0.1) is 30.6 Å². The van der Waals surface area contributed by atoms with Crippen molar-refractivity contribution in [2.45, 2.75) is 6.92 Å². The Morgan fingerprint density at radius 1 is 1.38 bits per heavy atom. The fraction of sp³-hybridized carbons (Fsp3) is 0.0769. The summed E-state index contributed by atoms with van der Waals surface area (Å²) in [7, 11) is 0. The molecule has 0 aliphatic rings. The standard InChI is InChI=1S/C13H7FN2/c1-8-3-4-10-9(5-8)6-12(16-2)13(14)11(10)7-15/h3-6H,1H3. The number of fused-ring (bicyclic) bond motifs is 1. The maximum absolute atomic E-state index is 13.7. The van der Waals surface area contributed by atoms with Crippen LogP contribution in [0.1, 0.15) is 11.1 Å². The average molecular weight is 210 g/mol. The Morgan fingerprint density at radius 2 is 2.12 bits per heavy atom. The molecule has 0 aliphatic heterocycles. The molecule has 0 amide bonds. The molecule has 2 aromatic carbocycles. The fourth-order valence-electron chi connectivity index (χ4n) is 1.68. The van der Waals surface area contributed by atoms with E-state index in [0.717, 1.165) is 10.9 Å². The van der Waals surface area contributed by atoms with E-state index in [1.165, 1.54) is 6.07 Å². The lowest BCUT2D eigenvalue weighted by Gasteiger charge is -2.04. The van der Waals surface area contributed by atoms with Gasteiger partial charge in [-0.2, -0.15) is 5.26 Å². The highest BCUT2D eigenvalue weighted by Gasteiger charge is 2.12. The van der Waals surface area contributed by atoms with Gasteiger partial charge >= 0.3 is 0 Å². The van der Waals surface area contributed by atoms with Crippen LogP contribution in [-0.2, 0) is 0 Å². The summed E-state index contributed by atoms with van der Waals surface area (Å²) in [6, 6.07) is 8.66. The molecule has 76 valence electrons. The van der Waals surface area contributed by atoms with Gasteiger partial charge in [0.15, 0.2) is 0 Å². The Morgan fingerprint density at radius 3 is 2.75 bits per heavy atom. The highest BCUT2D eigenvalue weighted by atomic mass is 19.1. The topological polar surface area (TPSA) is 28.1 Å². The van der Waals surface area contributed by atoms with Crippen LogP contribution >= 0.6 is 0 Å². The maximum Gasteiger partial charge on any atom is 0.224 e. The monoisotopic (exact) mass is 210 g/mol. The number of hydrogen-bond acceptors (Lipinski definition) is 1. The van der Waals surface area contributed by atoms with Gasteiger partial charge in [0.2, 0.25) is 5.69 Å². The van der Waals surface area contributed by atoms with E-state index >= 15 is 0 Å². The quantitative estimate of drug-likeness (QED) is 0.609. The van der Waals surface area contributed by atoms with Gasteiger partial charge in [-0.3, -0.25) is 0 Å². The summed E-state index contributed by atoms with van der Waals surface area (Å²) in [5.74, 6) is -0.728. The summed E-state index contributed by atoms with van der Waals surface area (Å²) >= 11 is 0. The molecule has 0 fully saturated rings. The van der Waals surface area contributed by atoms with Crippen molar-refractivity contribution < 1.29 is 4.39 Å². The molecule has 0 radical (unpaired) electrons. The molecule has 0 aromatic heterocycles. The summed E-state index contributed by atoms with van der Waals surface area (Å²) in [5.41, 5.74) is 0.858. The van der Waals surface area contributed by atoms with Crippen LogP contribution in [0.15, 0.2) is 24.3 Å². The number of rotatable bonds is 0. The molecule has 0 saturated heterocycles. The van der Waals surface area contributed by atoms with Gasteiger partial charge in [0, 0.05) is 0 Å². The second-order valence-electron chi connectivity index (χ2n) is 3.53. The first kappa shape index (κ1) is 10.1. The number of benzene rings is 2. The van der Waals surface area contributed by atoms with Gasteiger partial charge in [-0.25, -0.2) is 9.24 Å². The highest BCUT2D eigenvalue weighted by molar-refractivity contribution is 5.92. The second-order valence-corrected chi connectivity index (χ2v) is 3.53. The number of aryl methyl sites for hydroxylation is 1. The molecule has 0 heterocycles. The second kappa shape index (κ2) is 3.64. The summed E-state index contributed by atoms with van der Waals surface area (Å²) in [5, 5.41) is 10.2. The van der Waals surface area contributed by atoms with Crippen LogP contribution < -0.4 is 0 Å². The van der Waals surface area contributed by atoms with Crippen molar-refractivity contribution in [3.05, 3.63) is 52.6 Å². The van der Waals surface area contributed by atoms with Gasteiger partial charge in [-0.15, -0.1) is 0 Å². The van der Waals surface area contributed by atoms with Gasteiger partial charge in [0.25, 0.3) is 0 Å². The lowest BCUT2D eigenvalue weighted by atomic mass is 10.0. The van der Waals surface area contributed by atoms with E-state index in [2.05, 4.69) is 4.85 Å². The minimum absolute atomic E-state index is 0.0523. The predicted octanol–water partition coefficient (Wildman–Crippen LogP) is 3.71. The lowest BCUT2D eigenvalue weighted by Crippen LogP contribution is -1.87. The summed E-state index contributed by atoms with van der Waals surface area (Å²) in [4.78, 5) is 3.08. The largest absolute Gasteiger partial charge is 0.235 e. The Hall–Kier alpha value is -2.39. The van der Waals surface area contributed by atoms with Gasteiger partial charge < -0.3 is 0 Å². The minimum atomic E-state index is -0.728.